The minimum Gasteiger partial charge on any atom is -0.336 e. The first-order chi connectivity index (χ1) is 11.8. The van der Waals surface area contributed by atoms with Gasteiger partial charge in [-0.25, -0.2) is 4.98 Å². The van der Waals surface area contributed by atoms with Gasteiger partial charge in [0.25, 0.3) is 0 Å². The predicted molar refractivity (Wildman–Crippen MR) is 93.7 cm³/mol. The number of para-hydroxylation sites is 2. The molecule has 0 aliphatic rings. The average molecular weight is 373 g/mol. The van der Waals surface area contributed by atoms with Crippen molar-refractivity contribution in [3.63, 3.8) is 0 Å². The van der Waals surface area contributed by atoms with Crippen molar-refractivity contribution in [2.45, 2.75) is 44.1 Å². The van der Waals surface area contributed by atoms with Gasteiger partial charge >= 0.3 is 6.18 Å². The number of alkyl halides is 3. The van der Waals surface area contributed by atoms with Gasteiger partial charge in [-0.15, -0.1) is 0 Å². The number of rotatable bonds is 8. The zero-order chi connectivity index (χ0) is 18.4. The Kier molecular flexibility index (Phi) is 6.75. The van der Waals surface area contributed by atoms with Gasteiger partial charge < -0.3 is 9.47 Å². The van der Waals surface area contributed by atoms with Gasteiger partial charge in [-0.2, -0.15) is 13.2 Å². The van der Waals surface area contributed by atoms with Crippen LogP contribution in [0.5, 0.6) is 0 Å². The SMILES string of the molecule is CCCCCn1c(SCC(=O)N(C)CC(F)(F)F)nc2ccccc21. The molecule has 0 N–H and O–H groups in total. The molecule has 0 unspecified atom stereocenters. The van der Waals surface area contributed by atoms with Gasteiger partial charge in [0.15, 0.2) is 5.16 Å². The highest BCUT2D eigenvalue weighted by molar-refractivity contribution is 7.99. The van der Waals surface area contributed by atoms with E-state index in [0.717, 1.165) is 36.8 Å². The molecule has 0 fully saturated rings. The van der Waals surface area contributed by atoms with E-state index >= 15 is 0 Å². The molecule has 1 aromatic carbocycles. The predicted octanol–water partition coefficient (Wildman–Crippen LogP) is 4.34. The number of aromatic nitrogens is 2. The summed E-state index contributed by atoms with van der Waals surface area (Å²) in [4.78, 5) is 17.2. The second kappa shape index (κ2) is 8.60. The van der Waals surface area contributed by atoms with Gasteiger partial charge in [0, 0.05) is 13.6 Å². The largest absolute Gasteiger partial charge is 0.406 e. The molecule has 2 aromatic rings. The lowest BCUT2D eigenvalue weighted by molar-refractivity contribution is -0.156. The maximum atomic E-state index is 12.4. The molecule has 0 saturated carbocycles. The highest BCUT2D eigenvalue weighted by atomic mass is 32.2. The van der Waals surface area contributed by atoms with Crippen LogP contribution in [0.25, 0.3) is 11.0 Å². The summed E-state index contributed by atoms with van der Waals surface area (Å²) in [6.45, 7) is 1.67. The van der Waals surface area contributed by atoms with E-state index in [2.05, 4.69) is 11.9 Å². The molecule has 4 nitrogen and oxygen atoms in total. The number of thioether (sulfide) groups is 1. The van der Waals surface area contributed by atoms with Crippen LogP contribution >= 0.6 is 11.8 Å². The van der Waals surface area contributed by atoms with Crippen LogP contribution < -0.4 is 0 Å². The van der Waals surface area contributed by atoms with Gasteiger partial charge in [0.1, 0.15) is 6.54 Å². The number of carbonyl (C=O) groups excluding carboxylic acids is 1. The molecule has 0 spiro atoms. The molecule has 0 radical (unpaired) electrons. The molecule has 0 atom stereocenters. The number of benzene rings is 1. The third-order valence-electron chi connectivity index (χ3n) is 3.77. The molecular weight excluding hydrogens is 351 g/mol. The molecule has 25 heavy (non-hydrogen) atoms. The fourth-order valence-electron chi connectivity index (χ4n) is 2.49. The fraction of sp³-hybridized carbons (Fsp3) is 0.529. The molecule has 0 aliphatic carbocycles. The van der Waals surface area contributed by atoms with Gasteiger partial charge in [0.2, 0.25) is 5.91 Å². The highest BCUT2D eigenvalue weighted by Crippen LogP contribution is 2.25. The Bertz CT molecular complexity index is 715. The smallest absolute Gasteiger partial charge is 0.336 e. The topological polar surface area (TPSA) is 38.1 Å². The standard InChI is InChI=1S/C17H22F3N3OS/c1-3-4-7-10-23-14-9-6-5-8-13(14)21-16(23)25-11-15(24)22(2)12-17(18,19)20/h5-6,8-9H,3-4,7,10-12H2,1-2H3. The van der Waals surface area contributed by atoms with Crippen LogP contribution in [-0.4, -0.2) is 45.9 Å². The number of aryl methyl sites for hydroxylation is 1. The van der Waals surface area contributed by atoms with Crippen molar-refractivity contribution in [2.24, 2.45) is 0 Å². The molecule has 1 heterocycles. The normalized spacial score (nSPS) is 11.9. The Hall–Kier alpha value is -1.70. The minimum absolute atomic E-state index is 0.0658. The number of amides is 1. The summed E-state index contributed by atoms with van der Waals surface area (Å²) in [5, 5.41) is 0.672. The average Bonchev–Trinajstić information content (AvgIpc) is 2.89. The number of hydrogen-bond donors (Lipinski definition) is 0. The van der Waals surface area contributed by atoms with Crippen LogP contribution in [0.3, 0.4) is 0 Å². The van der Waals surface area contributed by atoms with Crippen LogP contribution in [0.1, 0.15) is 26.2 Å². The number of unbranched alkanes of at least 4 members (excludes halogenated alkanes) is 2. The number of imidazole rings is 1. The van der Waals surface area contributed by atoms with E-state index in [1.165, 1.54) is 18.8 Å². The minimum atomic E-state index is -4.39. The van der Waals surface area contributed by atoms with E-state index in [4.69, 9.17) is 0 Å². The van der Waals surface area contributed by atoms with E-state index in [-0.39, 0.29) is 5.75 Å². The van der Waals surface area contributed by atoms with E-state index < -0.39 is 18.6 Å². The van der Waals surface area contributed by atoms with Crippen molar-refractivity contribution in [1.82, 2.24) is 14.5 Å². The zero-order valence-corrected chi connectivity index (χ0v) is 15.2. The Balaban J connectivity index is 2.09. The lowest BCUT2D eigenvalue weighted by Crippen LogP contribution is -2.36. The number of carbonyl (C=O) groups is 1. The van der Waals surface area contributed by atoms with Crippen LogP contribution in [0.2, 0.25) is 0 Å². The third-order valence-corrected chi connectivity index (χ3v) is 4.73. The second-order valence-electron chi connectivity index (χ2n) is 5.90. The molecule has 0 bridgehead atoms. The van der Waals surface area contributed by atoms with Crippen molar-refractivity contribution in [2.75, 3.05) is 19.3 Å². The van der Waals surface area contributed by atoms with Crippen LogP contribution in [-0.2, 0) is 11.3 Å². The number of halogens is 3. The maximum Gasteiger partial charge on any atom is 0.406 e. The molecule has 0 aliphatic heterocycles. The number of fused-ring (bicyclic) bond motifs is 1. The summed E-state index contributed by atoms with van der Waals surface area (Å²) in [6, 6.07) is 7.68. The van der Waals surface area contributed by atoms with Crippen LogP contribution in [0.4, 0.5) is 13.2 Å². The first-order valence-electron chi connectivity index (χ1n) is 8.20. The summed E-state index contributed by atoms with van der Waals surface area (Å²) in [5.41, 5.74) is 1.81. The first kappa shape index (κ1) is 19.6. The first-order valence-corrected chi connectivity index (χ1v) is 9.19. The Morgan fingerprint density at radius 1 is 1.28 bits per heavy atom. The van der Waals surface area contributed by atoms with E-state index in [0.29, 0.717) is 10.1 Å². The Morgan fingerprint density at radius 2 is 2.00 bits per heavy atom. The molecule has 0 saturated heterocycles. The lowest BCUT2D eigenvalue weighted by Gasteiger charge is -2.18. The quantitative estimate of drug-likeness (QED) is 0.510. The summed E-state index contributed by atoms with van der Waals surface area (Å²) in [6.07, 6.45) is -1.21. The number of hydrogen-bond acceptors (Lipinski definition) is 3. The van der Waals surface area contributed by atoms with Gasteiger partial charge in [-0.3, -0.25) is 4.79 Å². The van der Waals surface area contributed by atoms with Gasteiger partial charge in [0.05, 0.1) is 16.8 Å². The van der Waals surface area contributed by atoms with Crippen molar-refractivity contribution >= 4 is 28.7 Å². The fourth-order valence-corrected chi connectivity index (χ4v) is 3.47. The number of nitrogens with zero attached hydrogens (tertiary/aromatic N) is 3. The molecular formula is C17H22F3N3OS. The molecule has 1 amide bonds. The molecule has 138 valence electrons. The lowest BCUT2D eigenvalue weighted by atomic mass is 10.2. The second-order valence-corrected chi connectivity index (χ2v) is 6.84. The highest BCUT2D eigenvalue weighted by Gasteiger charge is 2.31. The van der Waals surface area contributed by atoms with Gasteiger partial charge in [-0.05, 0) is 18.6 Å². The van der Waals surface area contributed by atoms with Crippen molar-refractivity contribution in [3.05, 3.63) is 24.3 Å². The summed E-state index contributed by atoms with van der Waals surface area (Å²) < 4.78 is 39.2. The molecule has 8 heteroatoms. The molecule has 1 aromatic heterocycles. The summed E-state index contributed by atoms with van der Waals surface area (Å²) in [5.74, 6) is -0.626. The van der Waals surface area contributed by atoms with Crippen LogP contribution in [0.15, 0.2) is 29.4 Å². The molecule has 2 rings (SSSR count). The van der Waals surface area contributed by atoms with E-state index in [1.54, 1.807) is 0 Å². The third kappa shape index (κ3) is 5.66. The Labute approximate surface area is 149 Å². The monoisotopic (exact) mass is 373 g/mol. The van der Waals surface area contributed by atoms with Crippen molar-refractivity contribution in [1.29, 1.82) is 0 Å². The maximum absolute atomic E-state index is 12.4. The van der Waals surface area contributed by atoms with Crippen molar-refractivity contribution < 1.29 is 18.0 Å². The van der Waals surface area contributed by atoms with Crippen molar-refractivity contribution in [3.8, 4) is 0 Å². The van der Waals surface area contributed by atoms with E-state index in [9.17, 15) is 18.0 Å². The van der Waals surface area contributed by atoms with Crippen LogP contribution in [0, 0.1) is 0 Å². The summed E-state index contributed by atoms with van der Waals surface area (Å²) >= 11 is 1.19. The Morgan fingerprint density at radius 3 is 2.68 bits per heavy atom. The summed E-state index contributed by atoms with van der Waals surface area (Å²) in [7, 11) is 1.17. The zero-order valence-electron chi connectivity index (χ0n) is 14.3. The van der Waals surface area contributed by atoms with E-state index in [1.807, 2.05) is 28.8 Å². The van der Waals surface area contributed by atoms with Gasteiger partial charge in [-0.1, -0.05) is 43.7 Å².